The van der Waals surface area contributed by atoms with Crippen LogP contribution < -0.4 is 21.3 Å². The van der Waals surface area contributed by atoms with Gasteiger partial charge in [-0.15, -0.1) is 0 Å². The maximum atomic E-state index is 12.6. The lowest BCUT2D eigenvalue weighted by molar-refractivity contribution is -0.113. The van der Waals surface area contributed by atoms with Gasteiger partial charge < -0.3 is 31.0 Å². The van der Waals surface area contributed by atoms with Crippen molar-refractivity contribution in [2.75, 3.05) is 35.6 Å². The maximum Gasteiger partial charge on any atom is 0.154 e. The number of piperazine rings is 1. The SMILES string of the molecule is CC(C)Nc1cccnc1C1(C=O)CNCCN1c1cc2cc(N)ccc2[nH]1. The van der Waals surface area contributed by atoms with Crippen LogP contribution in [0.5, 0.6) is 0 Å². The summed E-state index contributed by atoms with van der Waals surface area (Å²) in [5.41, 5.74) is 8.33. The molecule has 4 rings (SSSR count). The van der Waals surface area contributed by atoms with Crippen molar-refractivity contribution in [3.05, 3.63) is 48.3 Å². The molecule has 3 aromatic rings. The number of carbonyl (C=O) groups excluding carboxylic acids is 1. The third kappa shape index (κ3) is 3.07. The van der Waals surface area contributed by atoms with Crippen molar-refractivity contribution < 1.29 is 4.79 Å². The van der Waals surface area contributed by atoms with Crippen LogP contribution in [0.15, 0.2) is 42.6 Å². The lowest BCUT2D eigenvalue weighted by atomic mass is 9.90. The lowest BCUT2D eigenvalue weighted by Crippen LogP contribution is -2.61. The van der Waals surface area contributed by atoms with Gasteiger partial charge >= 0.3 is 0 Å². The molecule has 0 saturated carbocycles. The molecule has 28 heavy (non-hydrogen) atoms. The third-order valence-electron chi connectivity index (χ3n) is 5.17. The van der Waals surface area contributed by atoms with Gasteiger partial charge in [-0.25, -0.2) is 0 Å². The zero-order valence-corrected chi connectivity index (χ0v) is 16.2. The van der Waals surface area contributed by atoms with Crippen molar-refractivity contribution >= 4 is 34.4 Å². The van der Waals surface area contributed by atoms with Crippen LogP contribution in [-0.2, 0) is 10.3 Å². The van der Waals surface area contributed by atoms with Crippen LogP contribution in [0, 0.1) is 0 Å². The first-order valence-corrected chi connectivity index (χ1v) is 9.58. The quantitative estimate of drug-likeness (QED) is 0.402. The molecule has 1 aliphatic heterocycles. The summed E-state index contributed by atoms with van der Waals surface area (Å²) in [6.45, 7) is 6.09. The molecule has 7 heteroatoms. The number of hydrogen-bond acceptors (Lipinski definition) is 6. The second-order valence-electron chi connectivity index (χ2n) is 7.57. The molecule has 0 radical (unpaired) electrons. The number of aromatic nitrogens is 2. The van der Waals surface area contributed by atoms with E-state index < -0.39 is 5.54 Å². The molecule has 0 bridgehead atoms. The molecule has 3 heterocycles. The maximum absolute atomic E-state index is 12.6. The number of carbonyl (C=O) groups is 1. The van der Waals surface area contributed by atoms with Crippen molar-refractivity contribution in [3.63, 3.8) is 0 Å². The van der Waals surface area contributed by atoms with Gasteiger partial charge in [-0.2, -0.15) is 0 Å². The van der Waals surface area contributed by atoms with Gasteiger partial charge in [0, 0.05) is 48.5 Å². The number of benzene rings is 1. The fourth-order valence-corrected chi connectivity index (χ4v) is 3.93. The Bertz CT molecular complexity index is 997. The van der Waals surface area contributed by atoms with Crippen LogP contribution in [0.2, 0.25) is 0 Å². The number of aldehydes is 1. The molecule has 2 aromatic heterocycles. The van der Waals surface area contributed by atoms with Gasteiger partial charge in [0.25, 0.3) is 0 Å². The van der Waals surface area contributed by atoms with Gasteiger partial charge in [0.05, 0.1) is 11.4 Å². The molecule has 0 amide bonds. The Hall–Kier alpha value is -3.06. The first-order chi connectivity index (χ1) is 13.5. The summed E-state index contributed by atoms with van der Waals surface area (Å²) in [5.74, 6) is 0.885. The number of fused-ring (bicyclic) bond motifs is 1. The number of nitrogens with zero attached hydrogens (tertiary/aromatic N) is 2. The van der Waals surface area contributed by atoms with E-state index in [1.54, 1.807) is 6.20 Å². The Labute approximate surface area is 164 Å². The second-order valence-corrected chi connectivity index (χ2v) is 7.57. The lowest BCUT2D eigenvalue weighted by Gasteiger charge is -2.44. The van der Waals surface area contributed by atoms with E-state index in [0.29, 0.717) is 18.8 Å². The first-order valence-electron chi connectivity index (χ1n) is 9.58. The summed E-state index contributed by atoms with van der Waals surface area (Å²) in [4.78, 5) is 22.8. The monoisotopic (exact) mass is 378 g/mol. The molecule has 1 aliphatic rings. The van der Waals surface area contributed by atoms with Crippen molar-refractivity contribution in [2.24, 2.45) is 0 Å². The number of aromatic amines is 1. The van der Waals surface area contributed by atoms with Crippen LogP contribution in [0.3, 0.4) is 0 Å². The number of hydrogen-bond donors (Lipinski definition) is 4. The van der Waals surface area contributed by atoms with Crippen LogP contribution in [-0.4, -0.2) is 41.9 Å². The van der Waals surface area contributed by atoms with Crippen LogP contribution in [0.25, 0.3) is 10.9 Å². The number of pyridine rings is 1. The summed E-state index contributed by atoms with van der Waals surface area (Å²) in [6.07, 6.45) is 2.75. The van der Waals surface area contributed by atoms with Crippen molar-refractivity contribution in [2.45, 2.75) is 25.4 Å². The van der Waals surface area contributed by atoms with E-state index in [4.69, 9.17) is 5.73 Å². The van der Waals surface area contributed by atoms with Crippen LogP contribution in [0.1, 0.15) is 19.5 Å². The van der Waals surface area contributed by atoms with Gasteiger partial charge in [0.15, 0.2) is 11.8 Å². The number of anilines is 3. The third-order valence-corrected chi connectivity index (χ3v) is 5.17. The Morgan fingerprint density at radius 3 is 2.96 bits per heavy atom. The van der Waals surface area contributed by atoms with Crippen LogP contribution >= 0.6 is 0 Å². The Morgan fingerprint density at radius 1 is 1.32 bits per heavy atom. The average Bonchev–Trinajstić information content (AvgIpc) is 3.10. The summed E-state index contributed by atoms with van der Waals surface area (Å²) >= 11 is 0. The largest absolute Gasteiger partial charge is 0.399 e. The molecule has 1 unspecified atom stereocenters. The van der Waals surface area contributed by atoms with Crippen molar-refractivity contribution in [1.82, 2.24) is 15.3 Å². The number of rotatable bonds is 5. The van der Waals surface area contributed by atoms with E-state index in [0.717, 1.165) is 40.9 Å². The number of nitrogens with one attached hydrogen (secondary N) is 3. The molecule has 1 fully saturated rings. The van der Waals surface area contributed by atoms with Gasteiger partial charge in [0.2, 0.25) is 0 Å². The normalized spacial score (nSPS) is 19.9. The highest BCUT2D eigenvalue weighted by molar-refractivity contribution is 5.88. The van der Waals surface area contributed by atoms with Gasteiger partial charge in [0.1, 0.15) is 5.82 Å². The highest BCUT2D eigenvalue weighted by Crippen LogP contribution is 2.36. The van der Waals surface area contributed by atoms with E-state index in [-0.39, 0.29) is 6.04 Å². The van der Waals surface area contributed by atoms with Crippen molar-refractivity contribution in [1.29, 1.82) is 0 Å². The second kappa shape index (κ2) is 7.16. The Kier molecular flexibility index (Phi) is 4.68. The van der Waals surface area contributed by atoms with Gasteiger partial charge in [-0.05, 0) is 50.2 Å². The van der Waals surface area contributed by atoms with E-state index in [1.807, 2.05) is 36.4 Å². The van der Waals surface area contributed by atoms with Crippen molar-refractivity contribution in [3.8, 4) is 0 Å². The molecule has 5 N–H and O–H groups in total. The summed E-state index contributed by atoms with van der Waals surface area (Å²) in [5, 5.41) is 7.83. The molecule has 7 nitrogen and oxygen atoms in total. The predicted octanol–water partition coefficient (Wildman–Crippen LogP) is 2.47. The zero-order chi connectivity index (χ0) is 19.7. The Balaban J connectivity index is 1.85. The number of nitrogen functional groups attached to an aromatic ring is 1. The summed E-state index contributed by atoms with van der Waals surface area (Å²) in [7, 11) is 0. The van der Waals surface area contributed by atoms with Crippen LogP contribution in [0.4, 0.5) is 17.2 Å². The number of nitrogens with two attached hydrogens (primary N) is 1. The minimum Gasteiger partial charge on any atom is -0.399 e. The topological polar surface area (TPSA) is 99.1 Å². The predicted molar refractivity (Wildman–Crippen MR) is 114 cm³/mol. The standard InChI is InChI=1S/C21H26N6O/c1-14(2)25-18-4-3-7-24-20(18)21(13-28)12-23-8-9-27(21)19-11-15-10-16(22)5-6-17(15)26-19/h3-7,10-11,13-14,23,25-26H,8-9,12,22H2,1-2H3. The van der Waals surface area contributed by atoms with E-state index in [9.17, 15) is 4.79 Å². The zero-order valence-electron chi connectivity index (χ0n) is 16.2. The molecule has 0 aliphatic carbocycles. The van der Waals surface area contributed by atoms with E-state index >= 15 is 0 Å². The molecule has 1 saturated heterocycles. The minimum atomic E-state index is -0.914. The molecule has 1 atom stereocenters. The average molecular weight is 378 g/mol. The van der Waals surface area contributed by atoms with E-state index in [2.05, 4.69) is 39.3 Å². The Morgan fingerprint density at radius 2 is 2.18 bits per heavy atom. The highest BCUT2D eigenvalue weighted by atomic mass is 16.1. The number of H-pyrrole nitrogens is 1. The highest BCUT2D eigenvalue weighted by Gasteiger charge is 2.44. The molecule has 1 aromatic carbocycles. The summed E-state index contributed by atoms with van der Waals surface area (Å²) in [6, 6.07) is 11.9. The fraction of sp³-hybridized carbons (Fsp3) is 0.333. The molecule has 146 valence electrons. The van der Waals surface area contributed by atoms with Gasteiger partial charge in [-0.1, -0.05) is 0 Å². The fourth-order valence-electron chi connectivity index (χ4n) is 3.93. The van der Waals surface area contributed by atoms with E-state index in [1.165, 1.54) is 0 Å². The minimum absolute atomic E-state index is 0.229. The smallest absolute Gasteiger partial charge is 0.154 e. The molecule has 0 spiro atoms. The molecular weight excluding hydrogens is 352 g/mol. The summed E-state index contributed by atoms with van der Waals surface area (Å²) < 4.78 is 0. The first kappa shape index (κ1) is 18.3. The van der Waals surface area contributed by atoms with Gasteiger partial charge in [-0.3, -0.25) is 4.98 Å². The molecular formula is C21H26N6O.